The average Bonchev–Trinajstić information content (AvgIpc) is 2.60. The van der Waals surface area contributed by atoms with Crippen molar-refractivity contribution in [1.29, 1.82) is 0 Å². The number of hydrogen-bond acceptors (Lipinski definition) is 5. The van der Waals surface area contributed by atoms with Crippen LogP contribution in [0.25, 0.3) is 0 Å². The van der Waals surface area contributed by atoms with Crippen LogP contribution in [0.5, 0.6) is 0 Å². The van der Waals surface area contributed by atoms with Gasteiger partial charge in [-0.1, -0.05) is 0 Å². The van der Waals surface area contributed by atoms with Crippen LogP contribution < -0.4 is 10.6 Å². The third-order valence-corrected chi connectivity index (χ3v) is 3.10. The molecule has 3 amide bonds. The fraction of sp³-hybridized carbons (Fsp3) is 0.750. The first kappa shape index (κ1) is 10.3. The molecule has 2 aliphatic rings. The SMILES string of the molecule is O=C1NC(=O)C2(C[C@H](CO)[C@@H](O)[C@H]2O)N1. The minimum absolute atomic E-state index is 0.0312. The lowest BCUT2D eigenvalue weighted by Crippen LogP contribution is -2.55. The topological polar surface area (TPSA) is 119 Å². The van der Waals surface area contributed by atoms with Crippen molar-refractivity contribution in [3.63, 3.8) is 0 Å². The molecule has 7 heteroatoms. The molecule has 1 saturated heterocycles. The maximum absolute atomic E-state index is 11.5. The monoisotopic (exact) mass is 216 g/mol. The number of hydrogen-bond donors (Lipinski definition) is 5. The first-order valence-electron chi connectivity index (χ1n) is 4.62. The molecule has 1 aliphatic carbocycles. The van der Waals surface area contributed by atoms with Crippen molar-refractivity contribution >= 4 is 11.9 Å². The van der Waals surface area contributed by atoms with Gasteiger partial charge in [0.1, 0.15) is 11.6 Å². The molecule has 1 saturated carbocycles. The van der Waals surface area contributed by atoms with Gasteiger partial charge in [-0.15, -0.1) is 0 Å². The summed E-state index contributed by atoms with van der Waals surface area (Å²) in [4.78, 5) is 22.4. The van der Waals surface area contributed by atoms with Crippen LogP contribution in [0.3, 0.4) is 0 Å². The number of urea groups is 1. The maximum atomic E-state index is 11.5. The van der Waals surface area contributed by atoms with Gasteiger partial charge in [0.25, 0.3) is 5.91 Å². The lowest BCUT2D eigenvalue weighted by Gasteiger charge is -2.24. The van der Waals surface area contributed by atoms with E-state index in [9.17, 15) is 19.8 Å². The molecule has 1 spiro atoms. The second-order valence-electron chi connectivity index (χ2n) is 3.96. The van der Waals surface area contributed by atoms with Crippen molar-refractivity contribution in [1.82, 2.24) is 10.6 Å². The van der Waals surface area contributed by atoms with E-state index in [1.54, 1.807) is 0 Å². The highest BCUT2D eigenvalue weighted by molar-refractivity contribution is 6.07. The largest absolute Gasteiger partial charge is 0.396 e. The Bertz CT molecular complexity index is 320. The summed E-state index contributed by atoms with van der Waals surface area (Å²) in [5.41, 5.74) is -1.48. The summed E-state index contributed by atoms with van der Waals surface area (Å²) in [6.45, 7) is -0.344. The highest BCUT2D eigenvalue weighted by Gasteiger charge is 2.61. The van der Waals surface area contributed by atoms with Crippen molar-refractivity contribution in [2.24, 2.45) is 5.92 Å². The zero-order valence-electron chi connectivity index (χ0n) is 7.80. The second-order valence-corrected chi connectivity index (χ2v) is 3.96. The van der Waals surface area contributed by atoms with E-state index in [1.807, 2.05) is 5.32 Å². The number of aliphatic hydroxyl groups excluding tert-OH is 3. The Hall–Kier alpha value is -1.18. The van der Waals surface area contributed by atoms with Crippen molar-refractivity contribution in [2.45, 2.75) is 24.2 Å². The van der Waals surface area contributed by atoms with Gasteiger partial charge in [-0.05, 0) is 6.42 Å². The summed E-state index contributed by atoms with van der Waals surface area (Å²) in [6.07, 6.45) is -2.57. The Morgan fingerprint density at radius 2 is 2.07 bits per heavy atom. The molecule has 1 unspecified atom stereocenters. The summed E-state index contributed by atoms with van der Waals surface area (Å²) in [6, 6.07) is -0.690. The fourth-order valence-corrected chi connectivity index (χ4v) is 2.23. The van der Waals surface area contributed by atoms with E-state index in [4.69, 9.17) is 5.11 Å². The standard InChI is InChI=1S/C8H12N2O5/c11-2-3-1-8(5(13)4(3)12)6(14)9-7(15)10-8/h3-5,11-13H,1-2H2,(H2,9,10,14,15)/t3-,4-,5-,8?/m1/s1. The molecule has 1 aliphatic heterocycles. The minimum Gasteiger partial charge on any atom is -0.396 e. The number of amides is 3. The number of rotatable bonds is 1. The smallest absolute Gasteiger partial charge is 0.322 e. The Labute approximate surface area is 85.1 Å². The van der Waals surface area contributed by atoms with Gasteiger partial charge in [0, 0.05) is 12.5 Å². The van der Waals surface area contributed by atoms with Crippen LogP contribution in [0.15, 0.2) is 0 Å². The lowest BCUT2D eigenvalue weighted by atomic mass is 9.94. The van der Waals surface area contributed by atoms with Crippen LogP contribution in [0.4, 0.5) is 4.79 Å². The van der Waals surface area contributed by atoms with Gasteiger partial charge in [-0.25, -0.2) is 4.79 Å². The molecule has 1 heterocycles. The van der Waals surface area contributed by atoms with Gasteiger partial charge < -0.3 is 20.6 Å². The molecule has 0 aromatic heterocycles. The Balaban J connectivity index is 2.30. The van der Waals surface area contributed by atoms with Gasteiger partial charge in [0.2, 0.25) is 0 Å². The third kappa shape index (κ3) is 1.24. The van der Waals surface area contributed by atoms with Crippen LogP contribution in [-0.4, -0.2) is 51.6 Å². The summed E-state index contributed by atoms with van der Waals surface area (Å²) in [7, 11) is 0. The zero-order valence-corrected chi connectivity index (χ0v) is 7.80. The van der Waals surface area contributed by atoms with Crippen LogP contribution in [-0.2, 0) is 4.79 Å². The van der Waals surface area contributed by atoms with Crippen molar-refractivity contribution < 1.29 is 24.9 Å². The summed E-state index contributed by atoms with van der Waals surface area (Å²) < 4.78 is 0. The van der Waals surface area contributed by atoms with E-state index in [0.29, 0.717) is 0 Å². The van der Waals surface area contributed by atoms with Crippen LogP contribution in [0.2, 0.25) is 0 Å². The fourth-order valence-electron chi connectivity index (χ4n) is 2.23. The van der Waals surface area contributed by atoms with E-state index >= 15 is 0 Å². The molecule has 5 N–H and O–H groups in total. The molecular weight excluding hydrogens is 204 g/mol. The van der Waals surface area contributed by atoms with Crippen LogP contribution in [0.1, 0.15) is 6.42 Å². The Morgan fingerprint density at radius 1 is 1.40 bits per heavy atom. The zero-order chi connectivity index (χ0) is 11.2. The quantitative estimate of drug-likeness (QED) is 0.305. The number of nitrogens with one attached hydrogen (secondary N) is 2. The van der Waals surface area contributed by atoms with Gasteiger partial charge >= 0.3 is 6.03 Å². The highest BCUT2D eigenvalue weighted by Crippen LogP contribution is 2.36. The maximum Gasteiger partial charge on any atom is 0.322 e. The second kappa shape index (κ2) is 3.16. The molecule has 0 bridgehead atoms. The number of aliphatic hydroxyl groups is 3. The molecule has 2 fully saturated rings. The Kier molecular flexibility index (Phi) is 2.18. The minimum atomic E-state index is -1.48. The molecule has 15 heavy (non-hydrogen) atoms. The predicted octanol–water partition coefficient (Wildman–Crippen LogP) is -2.70. The van der Waals surface area contributed by atoms with Gasteiger partial charge in [-0.2, -0.15) is 0 Å². The molecule has 0 aromatic carbocycles. The van der Waals surface area contributed by atoms with E-state index in [2.05, 4.69) is 5.32 Å². The molecule has 0 aromatic rings. The lowest BCUT2D eigenvalue weighted by molar-refractivity contribution is -0.128. The van der Waals surface area contributed by atoms with E-state index in [1.165, 1.54) is 0 Å². The average molecular weight is 216 g/mol. The number of carbonyl (C=O) groups is 2. The van der Waals surface area contributed by atoms with Gasteiger partial charge in [0.15, 0.2) is 0 Å². The van der Waals surface area contributed by atoms with E-state index in [-0.39, 0.29) is 13.0 Å². The molecule has 0 radical (unpaired) electrons. The highest BCUT2D eigenvalue weighted by atomic mass is 16.3. The summed E-state index contributed by atoms with van der Waals surface area (Å²) >= 11 is 0. The molecule has 84 valence electrons. The van der Waals surface area contributed by atoms with E-state index < -0.39 is 35.6 Å². The summed E-state index contributed by atoms with van der Waals surface area (Å²) in [5.74, 6) is -1.26. The van der Waals surface area contributed by atoms with Crippen LogP contribution in [0, 0.1) is 5.92 Å². The molecule has 7 nitrogen and oxygen atoms in total. The Morgan fingerprint density at radius 3 is 2.47 bits per heavy atom. The van der Waals surface area contributed by atoms with Crippen LogP contribution >= 0.6 is 0 Å². The van der Waals surface area contributed by atoms with E-state index in [0.717, 1.165) is 0 Å². The number of imide groups is 1. The molecular formula is C8H12N2O5. The number of carbonyl (C=O) groups excluding carboxylic acids is 2. The van der Waals surface area contributed by atoms with Crippen molar-refractivity contribution in [3.8, 4) is 0 Å². The van der Waals surface area contributed by atoms with Gasteiger partial charge in [-0.3, -0.25) is 10.1 Å². The first-order chi connectivity index (χ1) is 7.01. The van der Waals surface area contributed by atoms with Crippen molar-refractivity contribution in [3.05, 3.63) is 0 Å². The summed E-state index contributed by atoms with van der Waals surface area (Å²) in [5, 5.41) is 32.5. The predicted molar refractivity (Wildman–Crippen MR) is 46.6 cm³/mol. The van der Waals surface area contributed by atoms with Gasteiger partial charge in [0.05, 0.1) is 6.10 Å². The molecule has 4 atom stereocenters. The normalized spacial score (nSPS) is 44.6. The first-order valence-corrected chi connectivity index (χ1v) is 4.62. The van der Waals surface area contributed by atoms with Crippen molar-refractivity contribution in [2.75, 3.05) is 6.61 Å². The molecule has 2 rings (SSSR count). The third-order valence-electron chi connectivity index (χ3n) is 3.10.